The number of rotatable bonds is 16. The number of ether oxygens (including phenoxy) is 3. The highest BCUT2D eigenvalue weighted by Crippen LogP contribution is 2.13. The lowest BCUT2D eigenvalue weighted by atomic mass is 10.0. The fraction of sp³-hybridized carbons (Fsp3) is 1.00. The van der Waals surface area contributed by atoms with E-state index >= 15 is 0 Å². The summed E-state index contributed by atoms with van der Waals surface area (Å²) < 4.78 is 16.4. The summed E-state index contributed by atoms with van der Waals surface area (Å²) in [6.07, 6.45) is 4.12. The maximum Gasteiger partial charge on any atom is 0.0697 e. The summed E-state index contributed by atoms with van der Waals surface area (Å²) in [5.74, 6) is 1.04. The predicted octanol–water partition coefficient (Wildman–Crippen LogP) is 1.85. The molecule has 2 unspecified atom stereocenters. The van der Waals surface area contributed by atoms with Crippen molar-refractivity contribution in [2.75, 3.05) is 52.9 Å². The van der Waals surface area contributed by atoms with Gasteiger partial charge in [-0.15, -0.1) is 0 Å². The lowest BCUT2D eigenvalue weighted by molar-refractivity contribution is 0.0317. The van der Waals surface area contributed by atoms with Crippen LogP contribution in [0.15, 0.2) is 0 Å². The van der Waals surface area contributed by atoms with Crippen LogP contribution in [-0.2, 0) is 14.2 Å². The van der Waals surface area contributed by atoms with Crippen LogP contribution >= 0.6 is 0 Å². The molecule has 0 aliphatic rings. The molecule has 0 spiro atoms. The van der Waals surface area contributed by atoms with Crippen molar-refractivity contribution in [1.82, 2.24) is 0 Å². The minimum absolute atomic E-state index is 0.0871. The number of aliphatic hydroxyl groups excluding tert-OH is 2. The maximum atomic E-state index is 8.65. The van der Waals surface area contributed by atoms with E-state index < -0.39 is 0 Å². The number of aliphatic hydroxyl groups is 2. The molecule has 2 N–H and O–H groups in total. The van der Waals surface area contributed by atoms with Crippen molar-refractivity contribution in [2.24, 2.45) is 11.8 Å². The number of hydrogen-bond acceptors (Lipinski definition) is 5. The van der Waals surface area contributed by atoms with Crippen LogP contribution in [0.4, 0.5) is 0 Å². The minimum Gasteiger partial charge on any atom is -0.394 e. The Kier molecular flexibility index (Phi) is 16.0. The van der Waals surface area contributed by atoms with Crippen molar-refractivity contribution in [1.29, 1.82) is 0 Å². The van der Waals surface area contributed by atoms with E-state index in [4.69, 9.17) is 24.4 Å². The molecule has 0 aromatic carbocycles. The molecule has 0 bridgehead atoms. The van der Waals surface area contributed by atoms with E-state index in [9.17, 15) is 0 Å². The van der Waals surface area contributed by atoms with Crippen LogP contribution < -0.4 is 0 Å². The Balaban J connectivity index is 3.64. The molecule has 0 aromatic rings. The molecule has 5 heteroatoms. The van der Waals surface area contributed by atoms with Gasteiger partial charge in [-0.1, -0.05) is 26.7 Å². The normalized spacial score (nSPS) is 14.3. The van der Waals surface area contributed by atoms with Gasteiger partial charge in [0, 0.05) is 26.4 Å². The first-order valence-corrected chi connectivity index (χ1v) is 8.23. The first kappa shape index (κ1) is 20.8. The Hall–Kier alpha value is -0.200. The summed E-state index contributed by atoms with van der Waals surface area (Å²) >= 11 is 0. The molecule has 128 valence electrons. The SMILES string of the molecule is CCC(CCOCCO)COCC(CC)CCOCCO. The standard InChI is InChI=1S/C16H34O5/c1-3-15(5-9-19-11-7-17)13-21-14-16(4-2)6-10-20-12-8-18/h15-18H,3-14H2,1-2H3. The van der Waals surface area contributed by atoms with Crippen LogP contribution in [0.1, 0.15) is 39.5 Å². The predicted molar refractivity (Wildman–Crippen MR) is 83.4 cm³/mol. The molecule has 5 nitrogen and oxygen atoms in total. The Morgan fingerprint density at radius 3 is 1.43 bits per heavy atom. The Morgan fingerprint density at radius 2 is 1.10 bits per heavy atom. The Labute approximate surface area is 129 Å². The van der Waals surface area contributed by atoms with E-state index in [0.29, 0.717) is 38.3 Å². The van der Waals surface area contributed by atoms with Gasteiger partial charge in [0.05, 0.1) is 26.4 Å². The zero-order valence-electron chi connectivity index (χ0n) is 13.8. The molecule has 0 saturated carbocycles. The van der Waals surface area contributed by atoms with Crippen LogP contribution in [-0.4, -0.2) is 63.1 Å². The molecule has 2 atom stereocenters. The Morgan fingerprint density at radius 1 is 0.667 bits per heavy atom. The van der Waals surface area contributed by atoms with Gasteiger partial charge in [0.1, 0.15) is 0 Å². The van der Waals surface area contributed by atoms with E-state index in [1.54, 1.807) is 0 Å². The molecular formula is C16H34O5. The monoisotopic (exact) mass is 306 g/mol. The van der Waals surface area contributed by atoms with Gasteiger partial charge in [0.2, 0.25) is 0 Å². The van der Waals surface area contributed by atoms with E-state index in [0.717, 1.165) is 38.9 Å². The fourth-order valence-electron chi connectivity index (χ4n) is 2.05. The van der Waals surface area contributed by atoms with Crippen LogP contribution in [0.25, 0.3) is 0 Å². The fourth-order valence-corrected chi connectivity index (χ4v) is 2.05. The van der Waals surface area contributed by atoms with Gasteiger partial charge in [-0.2, -0.15) is 0 Å². The second-order valence-electron chi connectivity index (χ2n) is 5.34. The van der Waals surface area contributed by atoms with Crippen molar-refractivity contribution in [3.05, 3.63) is 0 Å². The maximum absolute atomic E-state index is 8.65. The van der Waals surface area contributed by atoms with Crippen molar-refractivity contribution in [3.8, 4) is 0 Å². The van der Waals surface area contributed by atoms with Crippen LogP contribution in [0, 0.1) is 11.8 Å². The van der Waals surface area contributed by atoms with Crippen molar-refractivity contribution in [2.45, 2.75) is 39.5 Å². The van der Waals surface area contributed by atoms with E-state index in [2.05, 4.69) is 13.8 Å². The second-order valence-corrected chi connectivity index (χ2v) is 5.34. The summed E-state index contributed by atoms with van der Waals surface area (Å²) in [6.45, 7) is 8.27. The van der Waals surface area contributed by atoms with Gasteiger partial charge in [0.15, 0.2) is 0 Å². The van der Waals surface area contributed by atoms with Gasteiger partial charge in [-0.05, 0) is 24.7 Å². The van der Waals surface area contributed by atoms with E-state index in [1.165, 1.54) is 0 Å². The van der Waals surface area contributed by atoms with Crippen LogP contribution in [0.3, 0.4) is 0 Å². The molecule has 0 amide bonds. The molecule has 0 saturated heterocycles. The quantitative estimate of drug-likeness (QED) is 0.426. The molecular weight excluding hydrogens is 272 g/mol. The third-order valence-electron chi connectivity index (χ3n) is 3.67. The topological polar surface area (TPSA) is 68.2 Å². The van der Waals surface area contributed by atoms with Crippen LogP contribution in [0.2, 0.25) is 0 Å². The smallest absolute Gasteiger partial charge is 0.0697 e. The zero-order chi connectivity index (χ0) is 15.8. The first-order valence-electron chi connectivity index (χ1n) is 8.23. The molecule has 0 aliphatic carbocycles. The summed E-state index contributed by atoms with van der Waals surface area (Å²) in [5.41, 5.74) is 0. The summed E-state index contributed by atoms with van der Waals surface area (Å²) in [6, 6.07) is 0. The van der Waals surface area contributed by atoms with E-state index in [-0.39, 0.29) is 13.2 Å². The molecule has 0 rings (SSSR count). The van der Waals surface area contributed by atoms with Crippen molar-refractivity contribution >= 4 is 0 Å². The highest BCUT2D eigenvalue weighted by Gasteiger charge is 2.10. The zero-order valence-corrected chi connectivity index (χ0v) is 13.8. The highest BCUT2D eigenvalue weighted by atomic mass is 16.5. The first-order chi connectivity index (χ1) is 10.3. The van der Waals surface area contributed by atoms with Gasteiger partial charge in [-0.25, -0.2) is 0 Å². The molecule has 0 heterocycles. The summed E-state index contributed by atoms with van der Waals surface area (Å²) in [7, 11) is 0. The van der Waals surface area contributed by atoms with Gasteiger partial charge < -0.3 is 24.4 Å². The summed E-state index contributed by atoms with van der Waals surface area (Å²) in [4.78, 5) is 0. The lowest BCUT2D eigenvalue weighted by Gasteiger charge is -2.19. The molecule has 0 fully saturated rings. The lowest BCUT2D eigenvalue weighted by Crippen LogP contribution is -2.17. The van der Waals surface area contributed by atoms with E-state index in [1.807, 2.05) is 0 Å². The van der Waals surface area contributed by atoms with Crippen LogP contribution in [0.5, 0.6) is 0 Å². The highest BCUT2D eigenvalue weighted by molar-refractivity contribution is 4.59. The summed E-state index contributed by atoms with van der Waals surface area (Å²) in [5, 5.41) is 17.3. The number of hydrogen-bond donors (Lipinski definition) is 2. The average Bonchev–Trinajstić information content (AvgIpc) is 2.51. The third kappa shape index (κ3) is 13.2. The molecule has 0 radical (unpaired) electrons. The Bertz CT molecular complexity index is 181. The largest absolute Gasteiger partial charge is 0.394 e. The molecule has 0 aromatic heterocycles. The van der Waals surface area contributed by atoms with Crippen molar-refractivity contribution < 1.29 is 24.4 Å². The van der Waals surface area contributed by atoms with Gasteiger partial charge in [0.25, 0.3) is 0 Å². The second kappa shape index (κ2) is 16.2. The average molecular weight is 306 g/mol. The van der Waals surface area contributed by atoms with Gasteiger partial charge in [-0.3, -0.25) is 0 Å². The third-order valence-corrected chi connectivity index (χ3v) is 3.67. The minimum atomic E-state index is 0.0871. The van der Waals surface area contributed by atoms with Crippen molar-refractivity contribution in [3.63, 3.8) is 0 Å². The molecule has 0 aliphatic heterocycles. The molecule has 21 heavy (non-hydrogen) atoms. The van der Waals surface area contributed by atoms with Gasteiger partial charge >= 0.3 is 0 Å².